The molecule has 0 aromatic carbocycles. The zero-order valence-electron chi connectivity index (χ0n) is 11.6. The number of hydrogen-bond acceptors (Lipinski definition) is 2. The predicted octanol–water partition coefficient (Wildman–Crippen LogP) is 3.38. The normalized spacial score (nSPS) is 25.1. The van der Waals surface area contributed by atoms with Crippen molar-refractivity contribution in [2.75, 3.05) is 19.8 Å². The molecule has 0 aliphatic heterocycles. The average molecular weight is 239 g/mol. The number of rotatable bonds is 8. The second-order valence-corrected chi connectivity index (χ2v) is 5.51. The summed E-state index contributed by atoms with van der Waals surface area (Å²) in [5.41, 5.74) is 0. The molecule has 0 bridgehead atoms. The van der Waals surface area contributed by atoms with E-state index >= 15 is 0 Å². The van der Waals surface area contributed by atoms with Crippen molar-refractivity contribution >= 4 is 0 Å². The summed E-state index contributed by atoms with van der Waals surface area (Å²) < 4.78 is 5.51. The molecule has 2 nitrogen and oxygen atoms in total. The summed E-state index contributed by atoms with van der Waals surface area (Å²) in [6.07, 6.45) is 8.37. The van der Waals surface area contributed by atoms with Gasteiger partial charge >= 0.3 is 0 Å². The molecule has 0 heterocycles. The third-order valence-electron chi connectivity index (χ3n) is 3.80. The predicted molar refractivity (Wildman–Crippen MR) is 74.2 cm³/mol. The van der Waals surface area contributed by atoms with Gasteiger partial charge in [0.25, 0.3) is 0 Å². The van der Waals surface area contributed by atoms with Crippen molar-refractivity contribution in [2.24, 2.45) is 11.8 Å². The quantitative estimate of drug-likeness (QED) is 0.518. The van der Waals surface area contributed by atoms with Crippen LogP contribution in [-0.2, 0) is 4.74 Å². The van der Waals surface area contributed by atoms with Gasteiger partial charge in [-0.05, 0) is 31.1 Å². The fourth-order valence-electron chi connectivity index (χ4n) is 2.62. The number of ether oxygens (including phenoxy) is 1. The van der Waals surface area contributed by atoms with Gasteiger partial charge in [-0.2, -0.15) is 0 Å². The zero-order valence-corrected chi connectivity index (χ0v) is 11.6. The van der Waals surface area contributed by atoms with E-state index in [2.05, 4.69) is 25.7 Å². The monoisotopic (exact) mass is 239 g/mol. The summed E-state index contributed by atoms with van der Waals surface area (Å²) in [5, 5.41) is 3.63. The smallest absolute Gasteiger partial charge is 0.0591 e. The highest BCUT2D eigenvalue weighted by molar-refractivity contribution is 4.79. The summed E-state index contributed by atoms with van der Waals surface area (Å²) in [5.74, 6) is 1.76. The second kappa shape index (κ2) is 8.71. The molecule has 17 heavy (non-hydrogen) atoms. The first-order valence-electron chi connectivity index (χ1n) is 7.16. The molecular weight excluding hydrogens is 210 g/mol. The molecule has 1 N–H and O–H groups in total. The third kappa shape index (κ3) is 6.23. The van der Waals surface area contributed by atoms with Crippen LogP contribution in [0.5, 0.6) is 0 Å². The van der Waals surface area contributed by atoms with Gasteiger partial charge in [-0.25, -0.2) is 0 Å². The van der Waals surface area contributed by atoms with Gasteiger partial charge in [0.05, 0.1) is 13.2 Å². The van der Waals surface area contributed by atoms with Crippen molar-refractivity contribution in [1.29, 1.82) is 0 Å². The molecule has 0 aromatic rings. The lowest BCUT2D eigenvalue weighted by Gasteiger charge is -2.32. The lowest BCUT2D eigenvalue weighted by atomic mass is 9.79. The van der Waals surface area contributed by atoms with E-state index in [1.807, 2.05) is 6.08 Å². The first-order valence-corrected chi connectivity index (χ1v) is 7.16. The molecular formula is C15H29NO. The molecule has 1 saturated carbocycles. The molecule has 0 spiro atoms. The van der Waals surface area contributed by atoms with Gasteiger partial charge in [0.1, 0.15) is 0 Å². The maximum absolute atomic E-state index is 5.51. The van der Waals surface area contributed by atoms with E-state index in [-0.39, 0.29) is 0 Å². The van der Waals surface area contributed by atoms with Crippen LogP contribution in [0.4, 0.5) is 0 Å². The van der Waals surface area contributed by atoms with Gasteiger partial charge in [0, 0.05) is 12.6 Å². The minimum absolute atomic E-state index is 0.721. The van der Waals surface area contributed by atoms with E-state index in [0.717, 1.165) is 44.1 Å². The van der Waals surface area contributed by atoms with E-state index in [4.69, 9.17) is 4.74 Å². The lowest BCUT2D eigenvalue weighted by Crippen LogP contribution is -2.37. The zero-order chi connectivity index (χ0) is 12.5. The summed E-state index contributed by atoms with van der Waals surface area (Å²) in [6, 6.07) is 0.721. The van der Waals surface area contributed by atoms with Crippen LogP contribution in [0.25, 0.3) is 0 Å². The Bertz CT molecular complexity index is 203. The highest BCUT2D eigenvalue weighted by Gasteiger charge is 2.23. The molecule has 1 rings (SSSR count). The molecule has 2 heteroatoms. The highest BCUT2D eigenvalue weighted by Crippen LogP contribution is 2.29. The van der Waals surface area contributed by atoms with Gasteiger partial charge < -0.3 is 10.1 Å². The standard InChI is InChI=1S/C15H29NO/c1-4-5-10-17-11-9-16-15-8-6-7-14(12-15)13(2)3/h4,13-16H,1,5-12H2,2-3H3. The first-order chi connectivity index (χ1) is 8.24. The average Bonchev–Trinajstić information content (AvgIpc) is 2.34. The van der Waals surface area contributed by atoms with Gasteiger partial charge in [0.2, 0.25) is 0 Å². The Morgan fingerprint density at radius 1 is 1.35 bits per heavy atom. The fraction of sp³-hybridized carbons (Fsp3) is 0.867. The molecule has 0 saturated heterocycles. The highest BCUT2D eigenvalue weighted by atomic mass is 16.5. The van der Waals surface area contributed by atoms with Crippen LogP contribution >= 0.6 is 0 Å². The van der Waals surface area contributed by atoms with Crippen LogP contribution in [0.15, 0.2) is 12.7 Å². The molecule has 0 aromatic heterocycles. The van der Waals surface area contributed by atoms with Crippen LogP contribution in [0, 0.1) is 11.8 Å². The van der Waals surface area contributed by atoms with Crippen LogP contribution in [0.3, 0.4) is 0 Å². The third-order valence-corrected chi connectivity index (χ3v) is 3.80. The summed E-state index contributed by atoms with van der Waals surface area (Å²) in [7, 11) is 0. The van der Waals surface area contributed by atoms with Crippen LogP contribution < -0.4 is 5.32 Å². The van der Waals surface area contributed by atoms with E-state index in [1.165, 1.54) is 25.7 Å². The van der Waals surface area contributed by atoms with E-state index in [9.17, 15) is 0 Å². The molecule has 0 amide bonds. The van der Waals surface area contributed by atoms with Crippen molar-refractivity contribution in [3.63, 3.8) is 0 Å². The van der Waals surface area contributed by atoms with Crippen molar-refractivity contribution in [3.8, 4) is 0 Å². The Hall–Kier alpha value is -0.340. The Kier molecular flexibility index (Phi) is 7.54. The topological polar surface area (TPSA) is 21.3 Å². The van der Waals surface area contributed by atoms with Crippen LogP contribution in [0.2, 0.25) is 0 Å². The number of hydrogen-bond donors (Lipinski definition) is 1. The van der Waals surface area contributed by atoms with Gasteiger partial charge in [-0.3, -0.25) is 0 Å². The van der Waals surface area contributed by atoms with Crippen molar-refractivity contribution in [2.45, 2.75) is 52.0 Å². The van der Waals surface area contributed by atoms with E-state index < -0.39 is 0 Å². The van der Waals surface area contributed by atoms with E-state index in [1.54, 1.807) is 0 Å². The number of nitrogens with one attached hydrogen (secondary N) is 1. The molecule has 1 aliphatic rings. The molecule has 100 valence electrons. The Morgan fingerprint density at radius 3 is 2.88 bits per heavy atom. The van der Waals surface area contributed by atoms with Crippen LogP contribution in [-0.4, -0.2) is 25.8 Å². The molecule has 1 fully saturated rings. The Morgan fingerprint density at radius 2 is 2.18 bits per heavy atom. The van der Waals surface area contributed by atoms with Gasteiger partial charge in [-0.1, -0.05) is 32.8 Å². The SMILES string of the molecule is C=CCCOCCNC1CCCC(C(C)C)C1. The summed E-state index contributed by atoms with van der Waals surface area (Å²) in [4.78, 5) is 0. The Balaban J connectivity index is 2.04. The van der Waals surface area contributed by atoms with Crippen LogP contribution in [0.1, 0.15) is 46.0 Å². The van der Waals surface area contributed by atoms with Gasteiger partial charge in [-0.15, -0.1) is 6.58 Å². The maximum atomic E-state index is 5.51. The Labute approximate surface area is 107 Å². The van der Waals surface area contributed by atoms with Crippen molar-refractivity contribution in [1.82, 2.24) is 5.32 Å². The maximum Gasteiger partial charge on any atom is 0.0591 e. The largest absolute Gasteiger partial charge is 0.380 e. The summed E-state index contributed by atoms with van der Waals surface area (Å²) >= 11 is 0. The minimum Gasteiger partial charge on any atom is -0.380 e. The van der Waals surface area contributed by atoms with Crippen molar-refractivity contribution in [3.05, 3.63) is 12.7 Å². The molecule has 2 unspecified atom stereocenters. The van der Waals surface area contributed by atoms with E-state index in [0.29, 0.717) is 0 Å². The summed E-state index contributed by atoms with van der Waals surface area (Å²) in [6.45, 7) is 11.0. The molecule has 1 aliphatic carbocycles. The van der Waals surface area contributed by atoms with Crippen molar-refractivity contribution < 1.29 is 4.74 Å². The first kappa shape index (κ1) is 14.7. The second-order valence-electron chi connectivity index (χ2n) is 5.51. The fourth-order valence-corrected chi connectivity index (χ4v) is 2.62. The lowest BCUT2D eigenvalue weighted by molar-refractivity contribution is 0.133. The minimum atomic E-state index is 0.721. The molecule has 2 atom stereocenters. The molecule has 0 radical (unpaired) electrons. The van der Waals surface area contributed by atoms with Gasteiger partial charge in [0.15, 0.2) is 0 Å².